The van der Waals surface area contributed by atoms with Gasteiger partial charge in [-0.05, 0) is 37.3 Å². The van der Waals surface area contributed by atoms with Crippen molar-refractivity contribution in [3.63, 3.8) is 0 Å². The molecule has 0 aliphatic carbocycles. The first-order valence-corrected chi connectivity index (χ1v) is 11.3. The third-order valence-electron chi connectivity index (χ3n) is 5.41. The van der Waals surface area contributed by atoms with Crippen LogP contribution in [0.2, 0.25) is 0 Å². The Morgan fingerprint density at radius 2 is 1.88 bits per heavy atom. The van der Waals surface area contributed by atoms with Crippen LogP contribution in [-0.4, -0.2) is 39.4 Å². The molecule has 0 unspecified atom stereocenters. The van der Waals surface area contributed by atoms with E-state index in [1.165, 1.54) is 11.0 Å². The topological polar surface area (TPSA) is 69.5 Å². The molecular formula is C23H19F3N4O3S. The number of carbonyl (C=O) groups is 1. The van der Waals surface area contributed by atoms with E-state index in [1.807, 2.05) is 0 Å². The summed E-state index contributed by atoms with van der Waals surface area (Å²) in [6.07, 6.45) is -2.83. The quantitative estimate of drug-likeness (QED) is 0.405. The third-order valence-corrected chi connectivity index (χ3v) is 6.45. The number of fused-ring (bicyclic) bond motifs is 2. The highest BCUT2D eigenvalue weighted by Gasteiger charge is 2.39. The van der Waals surface area contributed by atoms with Gasteiger partial charge in [-0.3, -0.25) is 14.4 Å². The van der Waals surface area contributed by atoms with E-state index in [0.29, 0.717) is 22.7 Å². The van der Waals surface area contributed by atoms with Crippen LogP contribution in [0.25, 0.3) is 10.2 Å². The molecule has 34 heavy (non-hydrogen) atoms. The van der Waals surface area contributed by atoms with Crippen molar-refractivity contribution < 1.29 is 27.4 Å². The van der Waals surface area contributed by atoms with Gasteiger partial charge < -0.3 is 9.47 Å². The Bertz CT molecular complexity index is 1320. The summed E-state index contributed by atoms with van der Waals surface area (Å²) in [4.78, 5) is 19.3. The van der Waals surface area contributed by atoms with Crippen molar-refractivity contribution in [2.45, 2.75) is 31.9 Å². The highest BCUT2D eigenvalue weighted by molar-refractivity contribution is 7.22. The number of hydrogen-bond acceptors (Lipinski definition) is 6. The van der Waals surface area contributed by atoms with Crippen molar-refractivity contribution in [1.29, 1.82) is 0 Å². The summed E-state index contributed by atoms with van der Waals surface area (Å²) in [5.74, 6) is 0.494. The monoisotopic (exact) mass is 488 g/mol. The number of benzene rings is 2. The van der Waals surface area contributed by atoms with Gasteiger partial charge in [-0.25, -0.2) is 4.98 Å². The van der Waals surface area contributed by atoms with Gasteiger partial charge in [0.15, 0.2) is 16.6 Å². The van der Waals surface area contributed by atoms with Crippen LogP contribution in [0, 0.1) is 0 Å². The molecule has 11 heteroatoms. The van der Waals surface area contributed by atoms with E-state index in [2.05, 4.69) is 10.1 Å². The minimum atomic E-state index is -4.56. The lowest BCUT2D eigenvalue weighted by molar-refractivity contribution is -0.136. The number of carbonyl (C=O) groups excluding carboxylic acids is 1. The molecule has 0 fully saturated rings. The van der Waals surface area contributed by atoms with Gasteiger partial charge in [0.05, 0.1) is 22.3 Å². The molecule has 176 valence electrons. The Kier molecular flexibility index (Phi) is 5.64. The Morgan fingerprint density at radius 1 is 1.12 bits per heavy atom. The number of halogens is 3. The highest BCUT2D eigenvalue weighted by atomic mass is 32.1. The van der Waals surface area contributed by atoms with Crippen LogP contribution in [0.15, 0.2) is 60.9 Å². The van der Waals surface area contributed by atoms with Crippen molar-refractivity contribution in [1.82, 2.24) is 14.8 Å². The van der Waals surface area contributed by atoms with E-state index >= 15 is 0 Å². The molecule has 0 spiro atoms. The number of alkyl halides is 3. The molecule has 0 radical (unpaired) electrons. The first kappa shape index (κ1) is 22.2. The SMILES string of the molecule is C[C@H]1Oc2ccccc2O[C@@H]1C(=O)N(CCn1cccn1)c1nc2c(C(F)(F)F)cccc2s1. The van der Waals surface area contributed by atoms with Crippen LogP contribution in [0.1, 0.15) is 12.5 Å². The molecule has 2 aromatic carbocycles. The van der Waals surface area contributed by atoms with Crippen LogP contribution < -0.4 is 14.4 Å². The Hall–Kier alpha value is -3.60. The van der Waals surface area contributed by atoms with Gasteiger partial charge in [0.2, 0.25) is 6.10 Å². The lowest BCUT2D eigenvalue weighted by atomic mass is 10.1. The van der Waals surface area contributed by atoms with Crippen molar-refractivity contribution in [2.24, 2.45) is 0 Å². The fourth-order valence-corrected chi connectivity index (χ4v) is 4.78. The fraction of sp³-hybridized carbons (Fsp3) is 0.261. The van der Waals surface area contributed by atoms with Crippen LogP contribution in [0.3, 0.4) is 0 Å². The maximum atomic E-state index is 13.7. The van der Waals surface area contributed by atoms with E-state index in [9.17, 15) is 18.0 Å². The molecule has 1 aliphatic heterocycles. The van der Waals surface area contributed by atoms with E-state index in [0.717, 1.165) is 17.4 Å². The molecule has 5 rings (SSSR count). The molecule has 3 heterocycles. The van der Waals surface area contributed by atoms with Crippen molar-refractivity contribution in [2.75, 3.05) is 11.4 Å². The standard InChI is InChI=1S/C23H19F3N4O3S/c1-14-20(33-17-8-3-2-7-16(17)32-14)21(31)30(13-12-29-11-5-10-27-29)22-28-19-15(23(24,25)26)6-4-9-18(19)34-22/h2-11,14,20H,12-13H2,1H3/t14-,20+/m1/s1. The van der Waals surface area contributed by atoms with Crippen molar-refractivity contribution in [3.05, 3.63) is 66.5 Å². The highest BCUT2D eigenvalue weighted by Crippen LogP contribution is 2.39. The largest absolute Gasteiger partial charge is 0.482 e. The number of para-hydroxylation sites is 3. The van der Waals surface area contributed by atoms with Gasteiger partial charge in [-0.15, -0.1) is 0 Å². The van der Waals surface area contributed by atoms with Crippen molar-refractivity contribution in [3.8, 4) is 11.5 Å². The molecule has 7 nitrogen and oxygen atoms in total. The minimum absolute atomic E-state index is 0.135. The van der Waals surface area contributed by atoms with E-state index < -0.39 is 29.9 Å². The maximum Gasteiger partial charge on any atom is 0.418 e. The molecule has 4 aromatic rings. The second-order valence-corrected chi connectivity index (χ2v) is 8.72. The number of ether oxygens (including phenoxy) is 2. The zero-order valence-electron chi connectivity index (χ0n) is 17.9. The molecule has 0 bridgehead atoms. The summed E-state index contributed by atoms with van der Waals surface area (Å²) in [5.41, 5.74) is -1.03. The van der Waals surface area contributed by atoms with Crippen LogP contribution in [-0.2, 0) is 17.5 Å². The summed E-state index contributed by atoms with van der Waals surface area (Å²) in [7, 11) is 0. The van der Waals surface area contributed by atoms with Gasteiger partial charge in [-0.2, -0.15) is 18.3 Å². The Morgan fingerprint density at radius 3 is 2.59 bits per heavy atom. The summed E-state index contributed by atoms with van der Waals surface area (Å²) in [6.45, 7) is 2.17. The van der Waals surface area contributed by atoms with Crippen LogP contribution >= 0.6 is 11.3 Å². The average Bonchev–Trinajstić information content (AvgIpc) is 3.47. The number of amides is 1. The molecule has 1 amide bonds. The molecule has 0 saturated carbocycles. The van der Waals surface area contributed by atoms with Gasteiger partial charge in [0.1, 0.15) is 6.10 Å². The van der Waals surface area contributed by atoms with Crippen molar-refractivity contribution >= 4 is 32.6 Å². The summed E-state index contributed by atoms with van der Waals surface area (Å²) in [6, 6.07) is 12.6. The second kappa shape index (κ2) is 8.64. The molecule has 1 aliphatic rings. The summed E-state index contributed by atoms with van der Waals surface area (Å²) >= 11 is 1.02. The van der Waals surface area contributed by atoms with E-state index in [1.54, 1.807) is 60.4 Å². The smallest absolute Gasteiger partial charge is 0.418 e. The Labute approximate surface area is 196 Å². The molecular weight excluding hydrogens is 469 g/mol. The summed E-state index contributed by atoms with van der Waals surface area (Å²) in [5, 5.41) is 4.30. The molecule has 0 saturated heterocycles. The predicted octanol–water partition coefficient (Wildman–Crippen LogP) is 4.77. The van der Waals surface area contributed by atoms with E-state index in [4.69, 9.17) is 9.47 Å². The number of anilines is 1. The zero-order valence-corrected chi connectivity index (χ0v) is 18.7. The molecule has 0 N–H and O–H groups in total. The number of rotatable bonds is 5. The summed E-state index contributed by atoms with van der Waals surface area (Å²) < 4.78 is 54.4. The number of aromatic nitrogens is 3. The molecule has 2 atom stereocenters. The number of nitrogens with zero attached hydrogens (tertiary/aromatic N) is 4. The molecule has 2 aromatic heterocycles. The predicted molar refractivity (Wildman–Crippen MR) is 120 cm³/mol. The van der Waals surface area contributed by atoms with Gasteiger partial charge in [-0.1, -0.05) is 29.5 Å². The second-order valence-electron chi connectivity index (χ2n) is 7.71. The van der Waals surface area contributed by atoms with E-state index in [-0.39, 0.29) is 17.2 Å². The normalized spacial score (nSPS) is 17.6. The van der Waals surface area contributed by atoms with Gasteiger partial charge in [0, 0.05) is 18.9 Å². The number of thiazole rings is 1. The lowest BCUT2D eigenvalue weighted by Crippen LogP contribution is -2.51. The maximum absolute atomic E-state index is 13.7. The van der Waals surface area contributed by atoms with Gasteiger partial charge in [0.25, 0.3) is 5.91 Å². The minimum Gasteiger partial charge on any atom is -0.482 e. The first-order chi connectivity index (χ1) is 16.3. The average molecular weight is 488 g/mol. The van der Waals surface area contributed by atoms with Crippen LogP contribution in [0.4, 0.5) is 18.3 Å². The van der Waals surface area contributed by atoms with Crippen LogP contribution in [0.5, 0.6) is 11.5 Å². The fourth-order valence-electron chi connectivity index (χ4n) is 3.76. The lowest BCUT2D eigenvalue weighted by Gasteiger charge is -2.33. The first-order valence-electron chi connectivity index (χ1n) is 10.5. The zero-order chi connectivity index (χ0) is 23.9. The Balaban J connectivity index is 1.51. The third kappa shape index (κ3) is 4.18. The number of hydrogen-bond donors (Lipinski definition) is 0. The van der Waals surface area contributed by atoms with Gasteiger partial charge >= 0.3 is 6.18 Å².